The minimum atomic E-state index is 0. The Bertz CT molecular complexity index is 502. The molecule has 0 aliphatic heterocycles. The summed E-state index contributed by atoms with van der Waals surface area (Å²) in [5, 5.41) is 3.19. The normalized spacial score (nSPS) is 10.7. The van der Waals surface area contributed by atoms with Crippen molar-refractivity contribution in [2.24, 2.45) is 0 Å². The summed E-state index contributed by atoms with van der Waals surface area (Å²) in [4.78, 5) is 0. The number of aryl methyl sites for hydroxylation is 1. The second-order valence-corrected chi connectivity index (χ2v) is 4.67. The summed E-state index contributed by atoms with van der Waals surface area (Å²) in [6.07, 6.45) is 1.05. The van der Waals surface area contributed by atoms with E-state index in [1.165, 1.54) is 11.1 Å². The monoisotopic (exact) mass is 321 g/mol. The van der Waals surface area contributed by atoms with Crippen LogP contribution in [0.5, 0.6) is 5.75 Å². The number of ether oxygens (including phenoxy) is 1. The van der Waals surface area contributed by atoms with Gasteiger partial charge in [0.05, 0.1) is 0 Å². The Labute approximate surface area is 141 Å². The molecule has 0 spiro atoms. The van der Waals surface area contributed by atoms with Crippen LogP contribution in [0.25, 0.3) is 0 Å². The van der Waals surface area contributed by atoms with Gasteiger partial charge in [-0.15, -0.1) is 12.4 Å². The molecule has 2 aromatic rings. The Morgan fingerprint density at radius 3 is 2.14 bits per heavy atom. The lowest BCUT2D eigenvalue weighted by Gasteiger charge is -2.20. The summed E-state index contributed by atoms with van der Waals surface area (Å²) >= 11 is 0. The van der Waals surface area contributed by atoms with Crippen LogP contribution in [0.3, 0.4) is 0 Å². The van der Waals surface area contributed by atoms with E-state index in [9.17, 15) is 0 Å². The van der Waals surface area contributed by atoms with Crippen LogP contribution in [0, 0.1) is 6.92 Å². The lowest BCUT2D eigenvalue weighted by molar-refractivity contribution is 0.193. The smallest absolute Gasteiger partial charge is 0.125 e. The van der Waals surface area contributed by atoms with E-state index in [0.29, 0.717) is 0 Å². The van der Waals surface area contributed by atoms with Crippen LogP contribution < -0.4 is 10.1 Å². The van der Waals surface area contributed by atoms with E-state index >= 15 is 0 Å². The van der Waals surface area contributed by atoms with E-state index in [1.807, 2.05) is 45.2 Å². The van der Waals surface area contributed by atoms with E-state index in [4.69, 9.17) is 4.74 Å². The third-order valence-corrected chi connectivity index (χ3v) is 3.19. The fourth-order valence-corrected chi connectivity index (χ4v) is 2.08. The molecule has 1 atom stereocenters. The summed E-state index contributed by atoms with van der Waals surface area (Å²) in [5.74, 6) is 0.965. The summed E-state index contributed by atoms with van der Waals surface area (Å²) in [6, 6.07) is 18.6. The fraction of sp³-hybridized carbons (Fsp3) is 0.368. The van der Waals surface area contributed by atoms with E-state index in [2.05, 4.69) is 42.6 Å². The zero-order valence-corrected chi connectivity index (χ0v) is 14.8. The molecule has 22 heavy (non-hydrogen) atoms. The Balaban J connectivity index is 0.00000141. The summed E-state index contributed by atoms with van der Waals surface area (Å²) < 4.78 is 6.19. The molecule has 3 heteroatoms. The minimum Gasteiger partial charge on any atom is -0.485 e. The van der Waals surface area contributed by atoms with Crippen LogP contribution >= 0.6 is 12.4 Å². The maximum atomic E-state index is 6.19. The second-order valence-electron chi connectivity index (χ2n) is 4.67. The first kappa shape index (κ1) is 20.5. The van der Waals surface area contributed by atoms with Gasteiger partial charge < -0.3 is 10.1 Å². The maximum Gasteiger partial charge on any atom is 0.125 e. The van der Waals surface area contributed by atoms with E-state index in [0.717, 1.165) is 18.7 Å². The molecule has 2 aromatic carbocycles. The summed E-state index contributed by atoms with van der Waals surface area (Å²) in [7, 11) is 1.97. The van der Waals surface area contributed by atoms with Crippen LogP contribution in [0.4, 0.5) is 0 Å². The fourth-order valence-electron chi connectivity index (χ4n) is 2.08. The van der Waals surface area contributed by atoms with Gasteiger partial charge in [0, 0.05) is 6.42 Å². The first-order valence-electron chi connectivity index (χ1n) is 7.73. The van der Waals surface area contributed by atoms with Crippen molar-refractivity contribution in [2.45, 2.75) is 33.3 Å². The first-order chi connectivity index (χ1) is 10.3. The number of para-hydroxylation sites is 1. The van der Waals surface area contributed by atoms with Crippen molar-refractivity contribution in [3.63, 3.8) is 0 Å². The van der Waals surface area contributed by atoms with Gasteiger partial charge in [0.25, 0.3) is 0 Å². The van der Waals surface area contributed by atoms with Crippen LogP contribution in [-0.4, -0.2) is 13.6 Å². The van der Waals surface area contributed by atoms with Gasteiger partial charge in [-0.2, -0.15) is 0 Å². The number of hydrogen-bond donors (Lipinski definition) is 1. The Morgan fingerprint density at radius 2 is 1.55 bits per heavy atom. The molecule has 0 heterocycles. The lowest BCUT2D eigenvalue weighted by atomic mass is 10.1. The lowest BCUT2D eigenvalue weighted by Crippen LogP contribution is -2.16. The molecule has 0 saturated heterocycles. The molecule has 0 saturated carbocycles. The maximum absolute atomic E-state index is 6.19. The van der Waals surface area contributed by atoms with E-state index in [-0.39, 0.29) is 18.5 Å². The molecule has 0 radical (unpaired) electrons. The van der Waals surface area contributed by atoms with Crippen LogP contribution in [0.1, 0.15) is 37.5 Å². The average Bonchev–Trinajstić information content (AvgIpc) is 2.56. The molecule has 0 aliphatic carbocycles. The van der Waals surface area contributed by atoms with Gasteiger partial charge in [-0.3, -0.25) is 0 Å². The van der Waals surface area contributed by atoms with Crippen molar-refractivity contribution in [1.82, 2.24) is 5.32 Å². The molecule has 0 aliphatic rings. The Morgan fingerprint density at radius 1 is 0.955 bits per heavy atom. The zero-order chi connectivity index (χ0) is 15.5. The highest BCUT2D eigenvalue weighted by Crippen LogP contribution is 2.26. The molecule has 122 valence electrons. The van der Waals surface area contributed by atoms with Crippen molar-refractivity contribution >= 4 is 12.4 Å². The second kappa shape index (κ2) is 12.1. The third-order valence-electron chi connectivity index (χ3n) is 3.19. The summed E-state index contributed by atoms with van der Waals surface area (Å²) in [6.45, 7) is 7.01. The number of rotatable bonds is 6. The van der Waals surface area contributed by atoms with E-state index in [1.54, 1.807) is 0 Å². The van der Waals surface area contributed by atoms with Gasteiger partial charge in [0.1, 0.15) is 11.9 Å². The highest BCUT2D eigenvalue weighted by Gasteiger charge is 2.13. The predicted molar refractivity (Wildman–Crippen MR) is 98.1 cm³/mol. The highest BCUT2D eigenvalue weighted by atomic mass is 35.5. The minimum absolute atomic E-state index is 0. The first-order valence-corrected chi connectivity index (χ1v) is 7.73. The highest BCUT2D eigenvalue weighted by molar-refractivity contribution is 5.85. The number of nitrogens with one attached hydrogen (secondary N) is 1. The number of benzene rings is 2. The van der Waals surface area contributed by atoms with Gasteiger partial charge in [0.2, 0.25) is 0 Å². The standard InChI is InChI=1S/C17H21NO.C2H6.ClH/c1-14-8-6-7-11-16(14)19-17(12-13-18-2)15-9-4-3-5-10-15;1-2;/h3-11,17-18H,12-13H2,1-2H3;1-2H3;1H/t17-;;/m0../s1. The molecular weight excluding hydrogens is 294 g/mol. The number of hydrogen-bond acceptors (Lipinski definition) is 2. The molecule has 2 nitrogen and oxygen atoms in total. The van der Waals surface area contributed by atoms with Crippen LogP contribution in [0.15, 0.2) is 54.6 Å². The van der Waals surface area contributed by atoms with Gasteiger partial charge >= 0.3 is 0 Å². The quantitative estimate of drug-likeness (QED) is 0.792. The van der Waals surface area contributed by atoms with E-state index < -0.39 is 0 Å². The predicted octanol–water partition coefficient (Wildman–Crippen LogP) is 5.17. The Kier molecular flexibility index (Phi) is 11.2. The molecule has 1 N–H and O–H groups in total. The number of halogens is 1. The van der Waals surface area contributed by atoms with Crippen molar-refractivity contribution in [2.75, 3.05) is 13.6 Å². The molecule has 0 aromatic heterocycles. The average molecular weight is 322 g/mol. The van der Waals surface area contributed by atoms with Gasteiger partial charge in [-0.05, 0) is 37.7 Å². The SMILES string of the molecule is CC.CNCC[C@H](Oc1ccccc1C)c1ccccc1.Cl. The molecule has 0 amide bonds. The van der Waals surface area contributed by atoms with Crippen molar-refractivity contribution < 1.29 is 4.74 Å². The Hall–Kier alpha value is -1.51. The molecule has 2 rings (SSSR count). The van der Waals surface area contributed by atoms with Gasteiger partial charge in [-0.25, -0.2) is 0 Å². The van der Waals surface area contributed by atoms with Crippen LogP contribution in [0.2, 0.25) is 0 Å². The van der Waals surface area contributed by atoms with Crippen LogP contribution in [-0.2, 0) is 0 Å². The molecular formula is C19H28ClNO. The molecule has 0 fully saturated rings. The molecule has 0 bridgehead atoms. The van der Waals surface area contributed by atoms with Gasteiger partial charge in [-0.1, -0.05) is 62.4 Å². The zero-order valence-electron chi connectivity index (χ0n) is 14.0. The topological polar surface area (TPSA) is 21.3 Å². The molecule has 0 unspecified atom stereocenters. The summed E-state index contributed by atoms with van der Waals surface area (Å²) in [5.41, 5.74) is 2.40. The van der Waals surface area contributed by atoms with Gasteiger partial charge in [0.15, 0.2) is 0 Å². The van der Waals surface area contributed by atoms with Crippen molar-refractivity contribution in [1.29, 1.82) is 0 Å². The van der Waals surface area contributed by atoms with Crippen molar-refractivity contribution in [3.8, 4) is 5.75 Å². The third kappa shape index (κ3) is 6.50. The van der Waals surface area contributed by atoms with Crippen molar-refractivity contribution in [3.05, 3.63) is 65.7 Å². The largest absolute Gasteiger partial charge is 0.485 e.